The van der Waals surface area contributed by atoms with Crippen LogP contribution in [0.2, 0.25) is 0 Å². The number of aromatic carboxylic acids is 1. The number of amidine groups is 1. The first-order valence-electron chi connectivity index (χ1n) is 9.87. The van der Waals surface area contributed by atoms with E-state index in [1.54, 1.807) is 19.2 Å². The third-order valence-corrected chi connectivity index (χ3v) is 6.35. The van der Waals surface area contributed by atoms with Gasteiger partial charge in [0, 0.05) is 25.8 Å². The van der Waals surface area contributed by atoms with Crippen molar-refractivity contribution in [1.29, 1.82) is 0 Å². The molecule has 2 saturated heterocycles. The molecule has 2 fully saturated rings. The topological polar surface area (TPSA) is 73.2 Å². The molecule has 0 radical (unpaired) electrons. The number of carbonyl (C=O) groups excluding carboxylic acids is 1. The number of aryl methyl sites for hydroxylation is 1. The van der Waals surface area contributed by atoms with Crippen molar-refractivity contribution < 1.29 is 14.7 Å². The summed E-state index contributed by atoms with van der Waals surface area (Å²) in [7, 11) is 1.68. The zero-order valence-corrected chi connectivity index (χ0v) is 17.8. The predicted octanol–water partition coefficient (Wildman–Crippen LogP) is 4.53. The van der Waals surface area contributed by atoms with Crippen molar-refractivity contribution in [3.63, 3.8) is 0 Å². The number of anilines is 1. The van der Waals surface area contributed by atoms with Crippen LogP contribution in [-0.2, 0) is 4.79 Å². The molecule has 7 heteroatoms. The number of benzene rings is 2. The Hall–Kier alpha value is -3.06. The maximum Gasteiger partial charge on any atom is 0.335 e. The number of hydrogen-bond donors (Lipinski definition) is 1. The van der Waals surface area contributed by atoms with Crippen LogP contribution < -0.4 is 4.90 Å². The fourth-order valence-electron chi connectivity index (χ4n) is 3.70. The van der Waals surface area contributed by atoms with E-state index in [1.807, 2.05) is 12.1 Å². The summed E-state index contributed by atoms with van der Waals surface area (Å²) in [6.45, 7) is 4.31. The highest BCUT2D eigenvalue weighted by Gasteiger charge is 2.30. The van der Waals surface area contributed by atoms with E-state index < -0.39 is 5.97 Å². The molecule has 0 bridgehead atoms. The quantitative estimate of drug-likeness (QED) is 0.735. The van der Waals surface area contributed by atoms with Gasteiger partial charge < -0.3 is 10.0 Å². The average Bonchev–Trinajstić information content (AvgIpc) is 3.34. The average molecular weight is 422 g/mol. The molecule has 1 N–H and O–H groups in total. The van der Waals surface area contributed by atoms with E-state index in [-0.39, 0.29) is 11.5 Å². The fraction of sp³-hybridized carbons (Fsp3) is 0.261. The molecule has 0 atom stereocenters. The van der Waals surface area contributed by atoms with E-state index in [9.17, 15) is 9.59 Å². The number of likely N-dealkylation sites (N-methyl/N-ethyl adjacent to an activating group) is 1. The Morgan fingerprint density at radius 2 is 1.93 bits per heavy atom. The normalized spacial score (nSPS) is 19.3. The number of thioether (sulfide) groups is 1. The van der Waals surface area contributed by atoms with Gasteiger partial charge in [-0.2, -0.15) is 0 Å². The molecule has 2 aliphatic heterocycles. The predicted molar refractivity (Wildman–Crippen MR) is 121 cm³/mol. The van der Waals surface area contributed by atoms with E-state index in [1.165, 1.54) is 52.9 Å². The van der Waals surface area contributed by atoms with Crippen molar-refractivity contribution in [2.24, 2.45) is 4.99 Å². The van der Waals surface area contributed by atoms with Crippen LogP contribution in [0.5, 0.6) is 0 Å². The summed E-state index contributed by atoms with van der Waals surface area (Å²) in [6, 6.07) is 12.7. The molecule has 4 rings (SSSR count). The minimum absolute atomic E-state index is 0.116. The lowest BCUT2D eigenvalue weighted by molar-refractivity contribution is -0.121. The van der Waals surface area contributed by atoms with E-state index in [2.05, 4.69) is 28.9 Å². The molecule has 0 aliphatic carbocycles. The van der Waals surface area contributed by atoms with Crippen LogP contribution in [-0.4, -0.2) is 47.2 Å². The van der Waals surface area contributed by atoms with Gasteiger partial charge in [0.2, 0.25) is 0 Å². The zero-order chi connectivity index (χ0) is 21.3. The van der Waals surface area contributed by atoms with Gasteiger partial charge in [-0.3, -0.25) is 9.69 Å². The lowest BCUT2D eigenvalue weighted by atomic mass is 10.1. The summed E-state index contributed by atoms with van der Waals surface area (Å²) in [5.74, 6) is -1.12. The molecule has 0 aromatic heterocycles. The van der Waals surface area contributed by atoms with Crippen LogP contribution in [0.25, 0.3) is 6.08 Å². The van der Waals surface area contributed by atoms with Gasteiger partial charge in [-0.1, -0.05) is 12.1 Å². The first-order valence-corrected chi connectivity index (χ1v) is 10.7. The van der Waals surface area contributed by atoms with Crippen molar-refractivity contribution >= 4 is 46.3 Å². The summed E-state index contributed by atoms with van der Waals surface area (Å²) in [6.07, 6.45) is 4.36. The van der Waals surface area contributed by atoms with Gasteiger partial charge in [0.1, 0.15) is 0 Å². The Bertz CT molecular complexity index is 1070. The third kappa shape index (κ3) is 4.11. The lowest BCUT2D eigenvalue weighted by Crippen LogP contribution is -2.23. The lowest BCUT2D eigenvalue weighted by Gasteiger charge is -2.20. The van der Waals surface area contributed by atoms with Crippen LogP contribution >= 0.6 is 11.8 Å². The molecule has 30 heavy (non-hydrogen) atoms. The molecule has 6 nitrogen and oxygen atoms in total. The van der Waals surface area contributed by atoms with Gasteiger partial charge in [0.15, 0.2) is 5.17 Å². The van der Waals surface area contributed by atoms with E-state index in [4.69, 9.17) is 5.11 Å². The largest absolute Gasteiger partial charge is 0.478 e. The van der Waals surface area contributed by atoms with Gasteiger partial charge in [-0.25, -0.2) is 9.79 Å². The molecule has 2 aromatic rings. The molecule has 0 saturated carbocycles. The molecule has 2 aliphatic rings. The van der Waals surface area contributed by atoms with Crippen LogP contribution in [0.1, 0.15) is 34.3 Å². The number of nitrogens with zero attached hydrogens (tertiary/aromatic N) is 3. The van der Waals surface area contributed by atoms with Gasteiger partial charge in [-0.15, -0.1) is 0 Å². The van der Waals surface area contributed by atoms with E-state index in [0.29, 0.717) is 15.8 Å². The number of carbonyl (C=O) groups is 2. The number of hydrogen-bond acceptors (Lipinski definition) is 5. The summed E-state index contributed by atoms with van der Waals surface area (Å²) >= 11 is 1.30. The molecule has 2 heterocycles. The fourth-order valence-corrected chi connectivity index (χ4v) is 4.69. The number of carboxylic acids is 1. The molecule has 0 unspecified atom stereocenters. The second kappa shape index (κ2) is 8.36. The minimum Gasteiger partial charge on any atom is -0.478 e. The number of carboxylic acid groups (broad SMARTS) is 1. The summed E-state index contributed by atoms with van der Waals surface area (Å²) in [5, 5.41) is 9.68. The summed E-state index contributed by atoms with van der Waals surface area (Å²) < 4.78 is 0. The van der Waals surface area contributed by atoms with Gasteiger partial charge in [0.05, 0.1) is 16.2 Å². The van der Waals surface area contributed by atoms with Crippen LogP contribution in [0, 0.1) is 6.92 Å². The summed E-state index contributed by atoms with van der Waals surface area (Å²) in [5.41, 5.74) is 4.11. The van der Waals surface area contributed by atoms with Crippen LogP contribution in [0.15, 0.2) is 52.4 Å². The highest BCUT2D eigenvalue weighted by Crippen LogP contribution is 2.34. The molecule has 2 aromatic carbocycles. The van der Waals surface area contributed by atoms with Crippen LogP contribution in [0.3, 0.4) is 0 Å². The van der Waals surface area contributed by atoms with Gasteiger partial charge >= 0.3 is 5.97 Å². The highest BCUT2D eigenvalue weighted by atomic mass is 32.2. The van der Waals surface area contributed by atoms with Crippen molar-refractivity contribution in [2.75, 3.05) is 25.0 Å². The van der Waals surface area contributed by atoms with Gasteiger partial charge in [0.25, 0.3) is 5.91 Å². The highest BCUT2D eigenvalue weighted by molar-refractivity contribution is 8.18. The number of amides is 1. The molecular formula is C23H23N3O3S. The third-order valence-electron chi connectivity index (χ3n) is 5.29. The first-order chi connectivity index (χ1) is 14.4. The zero-order valence-electron chi connectivity index (χ0n) is 17.0. The summed E-state index contributed by atoms with van der Waals surface area (Å²) in [4.78, 5) is 32.8. The maximum atomic E-state index is 12.7. The van der Waals surface area contributed by atoms with Crippen molar-refractivity contribution in [3.05, 3.63) is 64.1 Å². The second-order valence-corrected chi connectivity index (χ2v) is 8.47. The Kier molecular flexibility index (Phi) is 5.63. The van der Waals surface area contributed by atoms with Crippen molar-refractivity contribution in [1.82, 2.24) is 4.90 Å². The smallest absolute Gasteiger partial charge is 0.335 e. The Labute approximate surface area is 179 Å². The monoisotopic (exact) mass is 421 g/mol. The molecule has 0 spiro atoms. The first kappa shape index (κ1) is 20.2. The van der Waals surface area contributed by atoms with E-state index >= 15 is 0 Å². The SMILES string of the molecule is Cc1cc(/C=C2/SC(=Nc3cccc(C(=O)O)c3)N(C)C2=O)ccc1N1CCCC1. The minimum atomic E-state index is -1.01. The van der Waals surface area contributed by atoms with Crippen molar-refractivity contribution in [3.8, 4) is 0 Å². The number of rotatable bonds is 4. The Morgan fingerprint density at radius 3 is 2.63 bits per heavy atom. The maximum absolute atomic E-state index is 12.7. The molecule has 1 amide bonds. The second-order valence-electron chi connectivity index (χ2n) is 7.46. The molecule has 154 valence electrons. The number of aliphatic imine (C=N–C) groups is 1. The Morgan fingerprint density at radius 1 is 1.17 bits per heavy atom. The molecular weight excluding hydrogens is 398 g/mol. The van der Waals surface area contributed by atoms with Crippen LogP contribution in [0.4, 0.5) is 11.4 Å². The van der Waals surface area contributed by atoms with Gasteiger partial charge in [-0.05, 0) is 79.1 Å². The van der Waals surface area contributed by atoms with Crippen molar-refractivity contribution in [2.45, 2.75) is 19.8 Å². The van der Waals surface area contributed by atoms with E-state index in [0.717, 1.165) is 18.7 Å². The standard InChI is InChI=1S/C23H23N3O3S/c1-15-12-16(8-9-19(15)26-10-3-4-11-26)13-20-21(27)25(2)23(30-20)24-18-7-5-6-17(14-18)22(28)29/h5-9,12-14H,3-4,10-11H2,1-2H3,(H,28,29)/b20-13+,24-23?. The Balaban J connectivity index is 1.58.